The molecule has 3 rings (SSSR count). The number of rotatable bonds is 2. The van der Waals surface area contributed by atoms with E-state index in [1.54, 1.807) is 30.6 Å². The zero-order valence-corrected chi connectivity index (χ0v) is 11.5. The van der Waals surface area contributed by atoms with Gasteiger partial charge in [-0.25, -0.2) is 0 Å². The number of aromatic nitrogens is 1. The molecule has 0 atom stereocenters. The number of carbonyl (C=O) groups is 1. The Labute approximate surface area is 128 Å². The van der Waals surface area contributed by atoms with Gasteiger partial charge in [-0.3, -0.25) is 9.78 Å². The summed E-state index contributed by atoms with van der Waals surface area (Å²) in [7, 11) is 0. The van der Waals surface area contributed by atoms with Crippen LogP contribution in [0.5, 0.6) is 0 Å². The van der Waals surface area contributed by atoms with Crippen LogP contribution in [-0.2, 0) is 4.79 Å². The van der Waals surface area contributed by atoms with Crippen LogP contribution in [0.3, 0.4) is 0 Å². The van der Waals surface area contributed by atoms with Crippen LogP contribution in [0.15, 0.2) is 54.3 Å². The number of alkyl halides is 4. The predicted molar refractivity (Wildman–Crippen MR) is 72.6 cm³/mol. The number of nitrogens with zero attached hydrogens (tertiary/aromatic N) is 2. The van der Waals surface area contributed by atoms with Crippen molar-refractivity contribution < 1.29 is 27.5 Å². The Hall–Kier alpha value is -2.64. The fourth-order valence-corrected chi connectivity index (χ4v) is 2.38. The Balaban J connectivity index is 1.89. The first-order valence-corrected chi connectivity index (χ1v) is 6.56. The minimum absolute atomic E-state index is 0.106. The van der Waals surface area contributed by atoms with Gasteiger partial charge in [0, 0.05) is 25.1 Å². The van der Waals surface area contributed by atoms with Crippen molar-refractivity contribution in [2.24, 2.45) is 0 Å². The van der Waals surface area contributed by atoms with Crippen LogP contribution < -0.4 is 0 Å². The molecule has 2 heterocycles. The van der Waals surface area contributed by atoms with Crippen molar-refractivity contribution in [1.82, 2.24) is 9.88 Å². The Bertz CT molecular complexity index is 754. The number of Topliss-reactive ketones (excluding diaryl/α,β-unsaturated/α-hetero) is 1. The number of carbonyl (C=O) groups excluding carboxylic acids is 1. The molecule has 0 saturated heterocycles. The van der Waals surface area contributed by atoms with Gasteiger partial charge in [0.05, 0.1) is 0 Å². The maximum Gasteiger partial charge on any atom is 0.380 e. The first-order valence-electron chi connectivity index (χ1n) is 6.56. The average Bonchev–Trinajstić information content (AvgIpc) is 2.66. The molecule has 0 bridgehead atoms. The summed E-state index contributed by atoms with van der Waals surface area (Å²) >= 11 is 0. The van der Waals surface area contributed by atoms with Crippen molar-refractivity contribution in [2.75, 3.05) is 6.54 Å². The summed E-state index contributed by atoms with van der Waals surface area (Å²) < 4.78 is 53.4. The lowest BCUT2D eigenvalue weighted by atomic mass is 10.0. The second-order valence-corrected chi connectivity index (χ2v) is 5.04. The summed E-state index contributed by atoms with van der Waals surface area (Å²) in [4.78, 5) is 16.3. The number of aliphatic hydroxyl groups excluding tert-OH is 1. The molecule has 0 saturated carbocycles. The smallest absolute Gasteiger partial charge is 0.380 e. The SMILES string of the molecule is O=C1C(N2C=CC(c3ccncc3)=CC2)=C(O)C(F)(F)C1(F)F. The lowest BCUT2D eigenvalue weighted by Gasteiger charge is -2.23. The number of ketones is 1. The van der Waals surface area contributed by atoms with E-state index in [0.29, 0.717) is 5.57 Å². The molecule has 1 aliphatic heterocycles. The number of hydrogen-bond acceptors (Lipinski definition) is 4. The topological polar surface area (TPSA) is 53.4 Å². The van der Waals surface area contributed by atoms with Gasteiger partial charge >= 0.3 is 11.8 Å². The quantitative estimate of drug-likeness (QED) is 0.849. The third kappa shape index (κ3) is 2.13. The van der Waals surface area contributed by atoms with Crippen LogP contribution in [0.4, 0.5) is 17.6 Å². The largest absolute Gasteiger partial charge is 0.505 e. The summed E-state index contributed by atoms with van der Waals surface area (Å²) in [6, 6.07) is 3.43. The zero-order chi connectivity index (χ0) is 16.8. The van der Waals surface area contributed by atoms with Crippen LogP contribution in [0, 0.1) is 0 Å². The summed E-state index contributed by atoms with van der Waals surface area (Å²) in [5, 5.41) is 9.38. The molecule has 0 fully saturated rings. The van der Waals surface area contributed by atoms with Crippen molar-refractivity contribution in [3.63, 3.8) is 0 Å². The number of allylic oxidation sites excluding steroid dienone is 4. The molecule has 0 unspecified atom stereocenters. The van der Waals surface area contributed by atoms with Crippen molar-refractivity contribution in [2.45, 2.75) is 11.8 Å². The monoisotopic (exact) mass is 326 g/mol. The molecule has 120 valence electrons. The van der Waals surface area contributed by atoms with Gasteiger partial charge in [0.15, 0.2) is 5.76 Å². The molecule has 8 heteroatoms. The van der Waals surface area contributed by atoms with E-state index in [2.05, 4.69) is 4.98 Å². The van der Waals surface area contributed by atoms with E-state index < -0.39 is 29.1 Å². The maximum absolute atomic E-state index is 13.4. The highest BCUT2D eigenvalue weighted by Gasteiger charge is 2.72. The Morgan fingerprint density at radius 3 is 2.26 bits per heavy atom. The molecule has 1 aromatic heterocycles. The minimum atomic E-state index is -4.95. The van der Waals surface area contributed by atoms with E-state index in [1.807, 2.05) is 0 Å². The molecule has 0 aromatic carbocycles. The van der Waals surface area contributed by atoms with E-state index in [1.165, 1.54) is 12.3 Å². The van der Waals surface area contributed by atoms with Gasteiger partial charge in [0.25, 0.3) is 5.78 Å². The minimum Gasteiger partial charge on any atom is -0.505 e. The summed E-state index contributed by atoms with van der Waals surface area (Å²) in [6.45, 7) is -0.106. The molecular weight excluding hydrogens is 316 g/mol. The second kappa shape index (κ2) is 4.94. The zero-order valence-electron chi connectivity index (χ0n) is 11.5. The predicted octanol–water partition coefficient (Wildman–Crippen LogP) is 2.92. The highest BCUT2D eigenvalue weighted by molar-refractivity contribution is 6.05. The van der Waals surface area contributed by atoms with E-state index in [9.17, 15) is 27.5 Å². The van der Waals surface area contributed by atoms with Crippen molar-refractivity contribution in [3.05, 3.63) is 59.9 Å². The molecule has 1 aromatic rings. The van der Waals surface area contributed by atoms with Crippen molar-refractivity contribution in [3.8, 4) is 0 Å². The normalized spacial score (nSPS) is 22.5. The van der Waals surface area contributed by atoms with Crippen LogP contribution in [0.2, 0.25) is 0 Å². The molecule has 0 radical (unpaired) electrons. The summed E-state index contributed by atoms with van der Waals surface area (Å²) in [6.07, 6.45) is 7.37. The highest BCUT2D eigenvalue weighted by Crippen LogP contribution is 2.48. The van der Waals surface area contributed by atoms with Gasteiger partial charge in [-0.2, -0.15) is 17.6 Å². The fourth-order valence-electron chi connectivity index (χ4n) is 2.38. The average molecular weight is 326 g/mol. The maximum atomic E-state index is 13.4. The Morgan fingerprint density at radius 2 is 1.78 bits per heavy atom. The molecule has 2 aliphatic rings. The molecule has 0 spiro atoms. The van der Waals surface area contributed by atoms with E-state index in [-0.39, 0.29) is 6.54 Å². The van der Waals surface area contributed by atoms with E-state index in [0.717, 1.165) is 10.5 Å². The van der Waals surface area contributed by atoms with Gasteiger partial charge in [-0.15, -0.1) is 0 Å². The Morgan fingerprint density at radius 1 is 1.13 bits per heavy atom. The van der Waals surface area contributed by atoms with Crippen LogP contribution in [0.25, 0.3) is 5.57 Å². The summed E-state index contributed by atoms with van der Waals surface area (Å²) in [5.41, 5.74) is 0.427. The summed E-state index contributed by atoms with van der Waals surface area (Å²) in [5.74, 6) is -13.8. The Kier molecular flexibility index (Phi) is 3.28. The van der Waals surface area contributed by atoms with Crippen molar-refractivity contribution in [1.29, 1.82) is 0 Å². The van der Waals surface area contributed by atoms with Gasteiger partial charge in [-0.1, -0.05) is 6.08 Å². The lowest BCUT2D eigenvalue weighted by molar-refractivity contribution is -0.190. The van der Waals surface area contributed by atoms with Crippen LogP contribution in [0.1, 0.15) is 5.56 Å². The highest BCUT2D eigenvalue weighted by atomic mass is 19.3. The van der Waals surface area contributed by atoms with E-state index in [4.69, 9.17) is 0 Å². The standard InChI is InChI=1S/C15H10F4N2O2/c16-14(17)12(22)11(13(23)15(14,18)19)21-7-3-10(4-8-21)9-1-5-20-6-2-9/h1-7,22H,8H2. The fraction of sp³-hybridized carbons (Fsp3) is 0.200. The molecule has 0 amide bonds. The lowest BCUT2D eigenvalue weighted by Crippen LogP contribution is -2.43. The molecule has 23 heavy (non-hydrogen) atoms. The van der Waals surface area contributed by atoms with E-state index >= 15 is 0 Å². The third-order valence-electron chi connectivity index (χ3n) is 3.66. The number of aliphatic hydroxyl groups is 1. The molecular formula is C15H10F4N2O2. The molecule has 1 aliphatic carbocycles. The number of halogens is 4. The third-order valence-corrected chi connectivity index (χ3v) is 3.66. The first-order chi connectivity index (χ1) is 10.8. The second-order valence-electron chi connectivity index (χ2n) is 5.04. The van der Waals surface area contributed by atoms with Crippen LogP contribution >= 0.6 is 0 Å². The van der Waals surface area contributed by atoms with Gasteiger partial charge < -0.3 is 10.0 Å². The van der Waals surface area contributed by atoms with Gasteiger partial charge in [0.1, 0.15) is 5.70 Å². The number of pyridine rings is 1. The van der Waals surface area contributed by atoms with Crippen LogP contribution in [-0.4, -0.2) is 39.2 Å². The van der Waals surface area contributed by atoms with Gasteiger partial charge in [-0.05, 0) is 29.3 Å². The molecule has 4 nitrogen and oxygen atoms in total. The molecule has 1 N–H and O–H groups in total. The number of hydrogen-bond donors (Lipinski definition) is 1. The van der Waals surface area contributed by atoms with Gasteiger partial charge in [0.2, 0.25) is 0 Å². The first kappa shape index (κ1) is 15.3. The van der Waals surface area contributed by atoms with Crippen molar-refractivity contribution >= 4 is 11.4 Å².